The third-order valence-corrected chi connectivity index (χ3v) is 8.22. The maximum absolute atomic E-state index is 12.9. The topological polar surface area (TPSA) is 95.6 Å². The van der Waals surface area contributed by atoms with Gasteiger partial charge in [0.15, 0.2) is 0 Å². The number of hydrogen-bond donors (Lipinski definition) is 2. The minimum absolute atomic E-state index is 0.177. The number of rotatable bonds is 7. The van der Waals surface area contributed by atoms with Gasteiger partial charge in [-0.2, -0.15) is 4.31 Å². The molecule has 2 N–H and O–H groups in total. The normalized spacial score (nSPS) is 17.6. The number of piperidine rings is 1. The second-order valence-electron chi connectivity index (χ2n) is 6.91. The van der Waals surface area contributed by atoms with Gasteiger partial charge in [-0.15, -0.1) is 11.3 Å². The molecule has 3 rings (SSSR count). The highest BCUT2D eigenvalue weighted by atomic mass is 32.2. The predicted molar refractivity (Wildman–Crippen MR) is 112 cm³/mol. The molecule has 0 aliphatic carbocycles. The number of sulfonamides is 1. The third kappa shape index (κ3) is 5.65. The second kappa shape index (κ2) is 10.00. The summed E-state index contributed by atoms with van der Waals surface area (Å²) in [6.07, 6.45) is 3.00. The van der Waals surface area contributed by atoms with E-state index in [0.29, 0.717) is 17.2 Å². The zero-order chi connectivity index (χ0) is 20.7. The molecule has 0 saturated carbocycles. The molecule has 2 amide bonds. The van der Waals surface area contributed by atoms with Crippen LogP contribution in [0.25, 0.3) is 0 Å². The average Bonchev–Trinajstić information content (AvgIpc) is 3.29. The smallest absolute Gasteiger partial charge is 0.309 e. The molecule has 1 atom stereocenters. The zero-order valence-electron chi connectivity index (χ0n) is 16.0. The number of benzene rings is 1. The summed E-state index contributed by atoms with van der Waals surface area (Å²) in [5.74, 6) is -1.40. The van der Waals surface area contributed by atoms with E-state index in [2.05, 4.69) is 10.6 Å². The van der Waals surface area contributed by atoms with Gasteiger partial charge in [-0.1, -0.05) is 42.8 Å². The molecule has 1 unspecified atom stereocenters. The van der Waals surface area contributed by atoms with Crippen molar-refractivity contribution >= 4 is 33.2 Å². The fraction of sp³-hybridized carbons (Fsp3) is 0.400. The lowest BCUT2D eigenvalue weighted by molar-refractivity contribution is -0.139. The quantitative estimate of drug-likeness (QED) is 0.651. The van der Waals surface area contributed by atoms with E-state index in [9.17, 15) is 18.0 Å². The first-order valence-corrected chi connectivity index (χ1v) is 12.0. The molecule has 1 aliphatic heterocycles. The first kappa shape index (κ1) is 21.5. The molecular weight excluding hydrogens is 410 g/mol. The summed E-state index contributed by atoms with van der Waals surface area (Å²) >= 11 is 1.21. The number of hydrogen-bond acceptors (Lipinski definition) is 5. The monoisotopic (exact) mass is 435 g/mol. The lowest BCUT2D eigenvalue weighted by Crippen LogP contribution is -2.46. The molecule has 1 aromatic heterocycles. The molecule has 7 nitrogen and oxygen atoms in total. The molecule has 0 spiro atoms. The summed E-state index contributed by atoms with van der Waals surface area (Å²) < 4.78 is 27.6. The SMILES string of the molecule is O=C(NCCC1CCCCN1S(=O)(=O)c1cccs1)C(=O)NCc1ccccc1. The third-order valence-electron chi connectivity index (χ3n) is 4.90. The van der Waals surface area contributed by atoms with E-state index >= 15 is 0 Å². The van der Waals surface area contributed by atoms with Crippen LogP contribution in [0, 0.1) is 0 Å². The van der Waals surface area contributed by atoms with Gasteiger partial charge in [0, 0.05) is 25.7 Å². The first-order valence-electron chi connectivity index (χ1n) is 9.64. The lowest BCUT2D eigenvalue weighted by Gasteiger charge is -2.34. The van der Waals surface area contributed by atoms with Crippen molar-refractivity contribution in [3.05, 3.63) is 53.4 Å². The summed E-state index contributed by atoms with van der Waals surface area (Å²) in [6.45, 7) is 1.01. The predicted octanol–water partition coefficient (Wildman–Crippen LogP) is 2.11. The maximum Gasteiger partial charge on any atom is 0.309 e. The Bertz CT molecular complexity index is 914. The molecule has 9 heteroatoms. The number of nitrogens with zero attached hydrogens (tertiary/aromatic N) is 1. The molecule has 1 aliphatic rings. The number of amides is 2. The first-order chi connectivity index (χ1) is 14.0. The van der Waals surface area contributed by atoms with Gasteiger partial charge in [-0.05, 0) is 36.3 Å². The Labute approximate surface area is 175 Å². The van der Waals surface area contributed by atoms with Crippen LogP contribution in [0.15, 0.2) is 52.1 Å². The van der Waals surface area contributed by atoms with Crippen LogP contribution in [0.2, 0.25) is 0 Å². The van der Waals surface area contributed by atoms with Gasteiger partial charge >= 0.3 is 11.8 Å². The van der Waals surface area contributed by atoms with Crippen molar-refractivity contribution in [2.45, 2.75) is 42.5 Å². The fourth-order valence-corrected chi connectivity index (χ4v) is 6.24. The minimum atomic E-state index is -3.51. The van der Waals surface area contributed by atoms with Gasteiger partial charge in [0.25, 0.3) is 10.0 Å². The van der Waals surface area contributed by atoms with Crippen molar-refractivity contribution in [2.24, 2.45) is 0 Å². The molecule has 156 valence electrons. The molecule has 0 radical (unpaired) electrons. The Morgan fingerprint density at radius 1 is 1.03 bits per heavy atom. The molecule has 1 saturated heterocycles. The number of carbonyl (C=O) groups is 2. The Balaban J connectivity index is 1.49. The standard InChI is InChI=1S/C20H25N3O4S2/c24-19(20(25)22-15-16-7-2-1-3-8-16)21-12-11-17-9-4-5-13-23(17)29(26,27)18-10-6-14-28-18/h1-3,6-8,10,14,17H,4-5,9,11-13,15H2,(H,21,24)(H,22,25). The highest BCUT2D eigenvalue weighted by molar-refractivity contribution is 7.91. The van der Waals surface area contributed by atoms with Crippen molar-refractivity contribution in [1.29, 1.82) is 0 Å². The molecule has 29 heavy (non-hydrogen) atoms. The van der Waals surface area contributed by atoms with E-state index in [-0.39, 0.29) is 19.1 Å². The Morgan fingerprint density at radius 2 is 1.79 bits per heavy atom. The minimum Gasteiger partial charge on any atom is -0.348 e. The van der Waals surface area contributed by atoms with E-state index in [1.807, 2.05) is 30.3 Å². The van der Waals surface area contributed by atoms with Gasteiger partial charge < -0.3 is 10.6 Å². The van der Waals surface area contributed by atoms with Crippen LogP contribution in [0.5, 0.6) is 0 Å². The molecule has 2 heterocycles. The molecular formula is C20H25N3O4S2. The Kier molecular flexibility index (Phi) is 7.40. The van der Waals surface area contributed by atoms with Crippen molar-refractivity contribution < 1.29 is 18.0 Å². The zero-order valence-corrected chi connectivity index (χ0v) is 17.7. The summed E-state index contributed by atoms with van der Waals surface area (Å²) in [7, 11) is -3.51. The van der Waals surface area contributed by atoms with E-state index in [0.717, 1.165) is 24.8 Å². The van der Waals surface area contributed by atoms with Crippen molar-refractivity contribution in [3.63, 3.8) is 0 Å². The van der Waals surface area contributed by atoms with Crippen LogP contribution < -0.4 is 10.6 Å². The number of carbonyl (C=O) groups excluding carboxylic acids is 2. The average molecular weight is 436 g/mol. The van der Waals surface area contributed by atoms with Gasteiger partial charge in [0.05, 0.1) is 0 Å². The van der Waals surface area contributed by atoms with Gasteiger partial charge in [-0.3, -0.25) is 9.59 Å². The number of thiophene rings is 1. The largest absolute Gasteiger partial charge is 0.348 e. The molecule has 0 bridgehead atoms. The summed E-state index contributed by atoms with van der Waals surface area (Å²) in [5.41, 5.74) is 0.908. The summed E-state index contributed by atoms with van der Waals surface area (Å²) in [6, 6.07) is 12.5. The van der Waals surface area contributed by atoms with Crippen molar-refractivity contribution in [3.8, 4) is 0 Å². The van der Waals surface area contributed by atoms with Crippen LogP contribution >= 0.6 is 11.3 Å². The molecule has 1 aromatic carbocycles. The van der Waals surface area contributed by atoms with Crippen LogP contribution in [-0.4, -0.2) is 43.7 Å². The van der Waals surface area contributed by atoms with Gasteiger partial charge in [-0.25, -0.2) is 8.42 Å². The molecule has 2 aromatic rings. The van der Waals surface area contributed by atoms with Crippen LogP contribution in [-0.2, 0) is 26.2 Å². The molecule has 1 fully saturated rings. The van der Waals surface area contributed by atoms with Crippen molar-refractivity contribution in [1.82, 2.24) is 14.9 Å². The van der Waals surface area contributed by atoms with Gasteiger partial charge in [0.1, 0.15) is 4.21 Å². The Hall–Kier alpha value is -2.23. The van der Waals surface area contributed by atoms with Crippen LogP contribution in [0.1, 0.15) is 31.2 Å². The van der Waals surface area contributed by atoms with Gasteiger partial charge in [0.2, 0.25) is 0 Å². The van der Waals surface area contributed by atoms with E-state index in [1.165, 1.54) is 11.3 Å². The van der Waals surface area contributed by atoms with Crippen LogP contribution in [0.4, 0.5) is 0 Å². The second-order valence-corrected chi connectivity index (χ2v) is 9.98. The highest BCUT2D eigenvalue weighted by Crippen LogP contribution is 2.28. The lowest BCUT2D eigenvalue weighted by atomic mass is 10.0. The van der Waals surface area contributed by atoms with Crippen LogP contribution in [0.3, 0.4) is 0 Å². The van der Waals surface area contributed by atoms with E-state index < -0.39 is 21.8 Å². The fourth-order valence-electron chi connectivity index (χ4n) is 3.40. The maximum atomic E-state index is 12.9. The number of nitrogens with one attached hydrogen (secondary N) is 2. The summed E-state index contributed by atoms with van der Waals surface area (Å²) in [5, 5.41) is 6.94. The Morgan fingerprint density at radius 3 is 2.52 bits per heavy atom. The van der Waals surface area contributed by atoms with E-state index in [4.69, 9.17) is 0 Å². The van der Waals surface area contributed by atoms with E-state index in [1.54, 1.807) is 21.8 Å². The highest BCUT2D eigenvalue weighted by Gasteiger charge is 2.33. The van der Waals surface area contributed by atoms with Crippen molar-refractivity contribution in [2.75, 3.05) is 13.1 Å². The summed E-state index contributed by atoms with van der Waals surface area (Å²) in [4.78, 5) is 24.0.